The maximum atomic E-state index is 12.1. The Kier molecular flexibility index (Phi) is 4.55. The van der Waals surface area contributed by atoms with Crippen LogP contribution in [0.4, 0.5) is 5.69 Å². The zero-order valence-electron chi connectivity index (χ0n) is 11.9. The molecule has 0 radical (unpaired) electrons. The highest BCUT2D eigenvalue weighted by atomic mass is 35.5. The maximum absolute atomic E-state index is 12.1. The highest BCUT2D eigenvalue weighted by Gasteiger charge is 2.08. The first-order valence-electron chi connectivity index (χ1n) is 6.77. The minimum absolute atomic E-state index is 0.108. The normalized spacial score (nSPS) is 10.5. The molecule has 1 N–H and O–H groups in total. The monoisotopic (exact) mass is 345 g/mol. The number of anilines is 1. The molecule has 0 bridgehead atoms. The molecule has 2 aromatic heterocycles. The molecule has 7 heteroatoms. The van der Waals surface area contributed by atoms with Crippen LogP contribution >= 0.6 is 22.9 Å². The molecule has 0 aliphatic heterocycles. The first kappa shape index (κ1) is 15.5. The lowest BCUT2D eigenvalue weighted by Crippen LogP contribution is -2.27. The average Bonchev–Trinajstić information content (AvgIpc) is 3.03. The van der Waals surface area contributed by atoms with Gasteiger partial charge in [0.05, 0.1) is 16.9 Å². The predicted molar refractivity (Wildman–Crippen MR) is 91.9 cm³/mol. The summed E-state index contributed by atoms with van der Waals surface area (Å²) < 4.78 is 1.26. The van der Waals surface area contributed by atoms with Crippen LogP contribution in [0.25, 0.3) is 10.6 Å². The van der Waals surface area contributed by atoms with E-state index < -0.39 is 0 Å². The molecule has 0 saturated carbocycles. The van der Waals surface area contributed by atoms with Gasteiger partial charge in [0.15, 0.2) is 0 Å². The number of amides is 1. The zero-order chi connectivity index (χ0) is 16.2. The molecule has 23 heavy (non-hydrogen) atoms. The summed E-state index contributed by atoms with van der Waals surface area (Å²) in [6, 6.07) is 12.0. The van der Waals surface area contributed by atoms with Crippen molar-refractivity contribution in [1.29, 1.82) is 0 Å². The van der Waals surface area contributed by atoms with Gasteiger partial charge in [-0.05, 0) is 29.6 Å². The van der Waals surface area contributed by atoms with E-state index >= 15 is 0 Å². The van der Waals surface area contributed by atoms with Gasteiger partial charge < -0.3 is 5.32 Å². The Morgan fingerprint density at radius 2 is 2.13 bits per heavy atom. The molecule has 0 fully saturated rings. The Bertz CT molecular complexity index is 890. The van der Waals surface area contributed by atoms with Gasteiger partial charge in [-0.3, -0.25) is 14.2 Å². The molecule has 0 aliphatic carbocycles. The van der Waals surface area contributed by atoms with E-state index in [1.54, 1.807) is 24.3 Å². The van der Waals surface area contributed by atoms with Gasteiger partial charge in [-0.15, -0.1) is 11.3 Å². The van der Waals surface area contributed by atoms with Crippen LogP contribution in [0.15, 0.2) is 59.0 Å². The van der Waals surface area contributed by atoms with E-state index in [-0.39, 0.29) is 18.0 Å². The van der Waals surface area contributed by atoms with Gasteiger partial charge in [0.1, 0.15) is 6.54 Å². The second-order valence-electron chi connectivity index (χ2n) is 4.78. The molecular weight excluding hydrogens is 334 g/mol. The standard InChI is InChI=1S/C16H12ClN3O2S/c17-11-3-1-4-12(7-11)19-15(21)9-20-10-18-13(8-16(20)22)14-5-2-6-23-14/h1-8,10H,9H2,(H,19,21). The first-order chi connectivity index (χ1) is 11.1. The number of halogens is 1. The minimum atomic E-state index is -0.319. The van der Waals surface area contributed by atoms with Gasteiger partial charge in [0, 0.05) is 16.8 Å². The number of benzene rings is 1. The fourth-order valence-corrected chi connectivity index (χ4v) is 2.91. The van der Waals surface area contributed by atoms with E-state index in [0.717, 1.165) is 4.88 Å². The lowest BCUT2D eigenvalue weighted by Gasteiger charge is -2.07. The number of carbonyl (C=O) groups excluding carboxylic acids is 1. The highest BCUT2D eigenvalue weighted by Crippen LogP contribution is 2.20. The van der Waals surface area contributed by atoms with Gasteiger partial charge in [0.2, 0.25) is 5.91 Å². The van der Waals surface area contributed by atoms with Gasteiger partial charge in [-0.25, -0.2) is 4.98 Å². The Hall–Kier alpha value is -2.44. The summed E-state index contributed by atoms with van der Waals surface area (Å²) in [7, 11) is 0. The van der Waals surface area contributed by atoms with Crippen molar-refractivity contribution in [3.05, 3.63) is 69.5 Å². The topological polar surface area (TPSA) is 64.0 Å². The molecule has 3 aromatic rings. The fourth-order valence-electron chi connectivity index (χ4n) is 2.03. The van der Waals surface area contributed by atoms with Crippen molar-refractivity contribution in [3.63, 3.8) is 0 Å². The third-order valence-electron chi connectivity index (χ3n) is 3.08. The smallest absolute Gasteiger partial charge is 0.254 e. The fraction of sp³-hybridized carbons (Fsp3) is 0.0625. The largest absolute Gasteiger partial charge is 0.324 e. The molecule has 5 nitrogen and oxygen atoms in total. The van der Waals surface area contributed by atoms with E-state index in [0.29, 0.717) is 16.4 Å². The van der Waals surface area contributed by atoms with Crippen molar-refractivity contribution in [2.24, 2.45) is 0 Å². The third kappa shape index (κ3) is 3.85. The van der Waals surface area contributed by atoms with Gasteiger partial charge in [-0.1, -0.05) is 23.7 Å². The third-order valence-corrected chi connectivity index (χ3v) is 4.20. The highest BCUT2D eigenvalue weighted by molar-refractivity contribution is 7.13. The molecule has 2 heterocycles. The molecule has 0 spiro atoms. The van der Waals surface area contributed by atoms with E-state index in [2.05, 4.69) is 10.3 Å². The molecule has 0 atom stereocenters. The molecule has 3 rings (SSSR count). The Morgan fingerprint density at radius 1 is 1.26 bits per heavy atom. The van der Waals surface area contributed by atoms with Crippen LogP contribution in [0, 0.1) is 0 Å². The number of rotatable bonds is 4. The number of nitrogens with one attached hydrogen (secondary N) is 1. The summed E-state index contributed by atoms with van der Waals surface area (Å²) in [6.45, 7) is -0.108. The van der Waals surface area contributed by atoms with Crippen LogP contribution < -0.4 is 10.9 Å². The number of hydrogen-bond acceptors (Lipinski definition) is 4. The van der Waals surface area contributed by atoms with Crippen LogP contribution in [0.3, 0.4) is 0 Å². The number of hydrogen-bond donors (Lipinski definition) is 1. The lowest BCUT2D eigenvalue weighted by molar-refractivity contribution is -0.116. The maximum Gasteiger partial charge on any atom is 0.254 e. The van der Waals surface area contributed by atoms with Crippen LogP contribution in [0.1, 0.15) is 0 Å². The average molecular weight is 346 g/mol. The number of aromatic nitrogens is 2. The number of nitrogens with zero attached hydrogens (tertiary/aromatic N) is 2. The van der Waals surface area contributed by atoms with Gasteiger partial charge >= 0.3 is 0 Å². The predicted octanol–water partition coefficient (Wildman–Crippen LogP) is 3.26. The summed E-state index contributed by atoms with van der Waals surface area (Å²) in [6.07, 6.45) is 1.38. The van der Waals surface area contributed by atoms with Gasteiger partial charge in [-0.2, -0.15) is 0 Å². The van der Waals surface area contributed by atoms with Crippen molar-refractivity contribution in [3.8, 4) is 10.6 Å². The number of carbonyl (C=O) groups is 1. The summed E-state index contributed by atoms with van der Waals surface area (Å²) >= 11 is 7.37. The SMILES string of the molecule is O=C(Cn1cnc(-c2cccs2)cc1=O)Nc1cccc(Cl)c1. The lowest BCUT2D eigenvalue weighted by atomic mass is 10.3. The number of thiophene rings is 1. The Morgan fingerprint density at radius 3 is 2.83 bits per heavy atom. The summed E-state index contributed by atoms with van der Waals surface area (Å²) in [5, 5.41) is 5.14. The molecule has 116 valence electrons. The van der Waals surface area contributed by atoms with Gasteiger partial charge in [0.25, 0.3) is 5.56 Å². The van der Waals surface area contributed by atoms with Crippen molar-refractivity contribution in [1.82, 2.24) is 9.55 Å². The van der Waals surface area contributed by atoms with Crippen LogP contribution in [-0.4, -0.2) is 15.5 Å². The first-order valence-corrected chi connectivity index (χ1v) is 8.03. The summed E-state index contributed by atoms with van der Waals surface area (Å²) in [5.41, 5.74) is 0.917. The van der Waals surface area contributed by atoms with Crippen LogP contribution in [-0.2, 0) is 11.3 Å². The quantitative estimate of drug-likeness (QED) is 0.789. The second-order valence-corrected chi connectivity index (χ2v) is 6.16. The van der Waals surface area contributed by atoms with Crippen LogP contribution in [0.5, 0.6) is 0 Å². The van der Waals surface area contributed by atoms with Crippen molar-refractivity contribution in [2.75, 3.05) is 5.32 Å². The zero-order valence-corrected chi connectivity index (χ0v) is 13.5. The van der Waals surface area contributed by atoms with E-state index in [9.17, 15) is 9.59 Å². The molecule has 1 amide bonds. The minimum Gasteiger partial charge on any atom is -0.324 e. The molecule has 0 saturated heterocycles. The van der Waals surface area contributed by atoms with Crippen LogP contribution in [0.2, 0.25) is 5.02 Å². The molecule has 0 aliphatic rings. The summed E-state index contributed by atoms with van der Waals surface area (Å²) in [4.78, 5) is 29.3. The molecule has 0 unspecified atom stereocenters. The Labute approximate surface area is 141 Å². The van der Waals surface area contributed by atoms with E-state index in [4.69, 9.17) is 11.6 Å². The second kappa shape index (κ2) is 6.76. The molecule has 1 aromatic carbocycles. The van der Waals surface area contributed by atoms with E-state index in [1.807, 2.05) is 17.5 Å². The van der Waals surface area contributed by atoms with E-state index in [1.165, 1.54) is 28.3 Å². The Balaban J connectivity index is 1.73. The molecular formula is C16H12ClN3O2S. The van der Waals surface area contributed by atoms with Crippen molar-refractivity contribution in [2.45, 2.75) is 6.54 Å². The van der Waals surface area contributed by atoms with Crippen molar-refractivity contribution >= 4 is 34.5 Å². The summed E-state index contributed by atoms with van der Waals surface area (Å²) in [5.74, 6) is -0.319. The van der Waals surface area contributed by atoms with Crippen molar-refractivity contribution < 1.29 is 4.79 Å².